The van der Waals surface area contributed by atoms with E-state index in [1.54, 1.807) is 6.07 Å². The van der Waals surface area contributed by atoms with Crippen LogP contribution in [-0.4, -0.2) is 55.0 Å². The molecule has 7 nitrogen and oxygen atoms in total. The molecule has 1 aromatic rings. The third-order valence-electron chi connectivity index (χ3n) is 3.47. The molecule has 0 bridgehead atoms. The highest BCUT2D eigenvalue weighted by atomic mass is 16.6. The summed E-state index contributed by atoms with van der Waals surface area (Å²) in [7, 11) is 0. The van der Waals surface area contributed by atoms with Gasteiger partial charge in [0.25, 0.3) is 11.6 Å². The molecule has 1 aliphatic rings. The zero-order valence-electron chi connectivity index (χ0n) is 11.9. The molecule has 114 valence electrons. The molecule has 0 spiro atoms. The first-order valence-corrected chi connectivity index (χ1v) is 7.12. The largest absolute Gasteiger partial charge is 0.352 e. The molecule has 7 heteroatoms. The summed E-state index contributed by atoms with van der Waals surface area (Å²) in [5, 5.41) is 16.8. The Balaban J connectivity index is 1.74. The van der Waals surface area contributed by atoms with Crippen LogP contribution >= 0.6 is 0 Å². The van der Waals surface area contributed by atoms with Crippen molar-refractivity contribution in [2.75, 3.05) is 39.3 Å². The molecule has 2 rings (SSSR count). The number of rotatable bonds is 6. The number of benzene rings is 1. The van der Waals surface area contributed by atoms with Crippen LogP contribution in [0.25, 0.3) is 0 Å². The van der Waals surface area contributed by atoms with Crippen LogP contribution in [0.3, 0.4) is 0 Å². The number of nitro groups is 1. The SMILES string of the molecule is O=C(NCCCN1CCNCC1)c1cccc([N+](=O)[O-])c1. The summed E-state index contributed by atoms with van der Waals surface area (Å²) in [6, 6.07) is 5.78. The Bertz CT molecular complexity index is 501. The van der Waals surface area contributed by atoms with Crippen LogP contribution in [-0.2, 0) is 0 Å². The van der Waals surface area contributed by atoms with Crippen LogP contribution in [0.2, 0.25) is 0 Å². The molecule has 1 amide bonds. The smallest absolute Gasteiger partial charge is 0.270 e. The van der Waals surface area contributed by atoms with E-state index in [0.717, 1.165) is 39.1 Å². The average Bonchev–Trinajstić information content (AvgIpc) is 2.52. The van der Waals surface area contributed by atoms with Crippen molar-refractivity contribution in [3.63, 3.8) is 0 Å². The van der Waals surface area contributed by atoms with Crippen molar-refractivity contribution in [3.05, 3.63) is 39.9 Å². The second-order valence-corrected chi connectivity index (χ2v) is 5.01. The molecule has 1 aliphatic heterocycles. The maximum atomic E-state index is 11.9. The minimum Gasteiger partial charge on any atom is -0.352 e. The Morgan fingerprint density at radius 2 is 2.14 bits per heavy atom. The number of hydrogen-bond acceptors (Lipinski definition) is 5. The minimum atomic E-state index is -0.499. The normalized spacial score (nSPS) is 15.6. The lowest BCUT2D eigenvalue weighted by Crippen LogP contribution is -2.44. The van der Waals surface area contributed by atoms with E-state index in [0.29, 0.717) is 12.1 Å². The van der Waals surface area contributed by atoms with Gasteiger partial charge in [0.1, 0.15) is 0 Å². The van der Waals surface area contributed by atoms with E-state index in [9.17, 15) is 14.9 Å². The van der Waals surface area contributed by atoms with Gasteiger partial charge < -0.3 is 15.5 Å². The van der Waals surface area contributed by atoms with Gasteiger partial charge >= 0.3 is 0 Å². The predicted octanol–water partition coefficient (Wildman–Crippen LogP) is 0.620. The molecule has 1 fully saturated rings. The number of piperazine rings is 1. The van der Waals surface area contributed by atoms with Crippen LogP contribution in [0.5, 0.6) is 0 Å². The first-order valence-electron chi connectivity index (χ1n) is 7.12. The number of nitrogens with zero attached hydrogens (tertiary/aromatic N) is 2. The van der Waals surface area contributed by atoms with Gasteiger partial charge in [-0.05, 0) is 19.0 Å². The maximum Gasteiger partial charge on any atom is 0.270 e. The van der Waals surface area contributed by atoms with E-state index < -0.39 is 4.92 Å². The van der Waals surface area contributed by atoms with Crippen molar-refractivity contribution < 1.29 is 9.72 Å². The van der Waals surface area contributed by atoms with Crippen LogP contribution < -0.4 is 10.6 Å². The standard InChI is InChI=1S/C14H20N4O3/c19-14(12-3-1-4-13(11-12)18(20)21)16-5-2-8-17-9-6-15-7-10-17/h1,3-4,11,15H,2,5-10H2,(H,16,19). The summed E-state index contributed by atoms with van der Waals surface area (Å²) in [5.41, 5.74) is 0.259. The summed E-state index contributed by atoms with van der Waals surface area (Å²) < 4.78 is 0. The Kier molecular flexibility index (Phi) is 5.65. The molecule has 21 heavy (non-hydrogen) atoms. The van der Waals surface area contributed by atoms with Crippen molar-refractivity contribution in [3.8, 4) is 0 Å². The lowest BCUT2D eigenvalue weighted by atomic mass is 10.2. The number of hydrogen-bond donors (Lipinski definition) is 2. The number of nitro benzene ring substituents is 1. The molecule has 0 saturated carbocycles. The Labute approximate surface area is 123 Å². The monoisotopic (exact) mass is 292 g/mol. The second kappa shape index (κ2) is 7.70. The first-order chi connectivity index (χ1) is 10.2. The second-order valence-electron chi connectivity index (χ2n) is 5.01. The predicted molar refractivity (Wildman–Crippen MR) is 79.4 cm³/mol. The highest BCUT2D eigenvalue weighted by Gasteiger charge is 2.12. The third kappa shape index (κ3) is 4.80. The zero-order chi connectivity index (χ0) is 15.1. The highest BCUT2D eigenvalue weighted by molar-refractivity contribution is 5.94. The van der Waals surface area contributed by atoms with Crippen LogP contribution in [0, 0.1) is 10.1 Å². The third-order valence-corrected chi connectivity index (χ3v) is 3.47. The fourth-order valence-electron chi connectivity index (χ4n) is 2.30. The highest BCUT2D eigenvalue weighted by Crippen LogP contribution is 2.12. The number of carbonyl (C=O) groups is 1. The first kappa shape index (κ1) is 15.4. The quantitative estimate of drug-likeness (QED) is 0.456. The summed E-state index contributed by atoms with van der Waals surface area (Å²) in [6.07, 6.45) is 0.876. The van der Waals surface area contributed by atoms with Gasteiger partial charge in [-0.15, -0.1) is 0 Å². The Morgan fingerprint density at radius 3 is 2.86 bits per heavy atom. The Hall–Kier alpha value is -1.99. The molecule has 2 N–H and O–H groups in total. The van der Waals surface area contributed by atoms with Crippen molar-refractivity contribution in [2.24, 2.45) is 0 Å². The lowest BCUT2D eigenvalue weighted by molar-refractivity contribution is -0.384. The van der Waals surface area contributed by atoms with Crippen molar-refractivity contribution in [1.82, 2.24) is 15.5 Å². The van der Waals surface area contributed by atoms with Gasteiger partial charge in [-0.25, -0.2) is 0 Å². The van der Waals surface area contributed by atoms with E-state index in [2.05, 4.69) is 15.5 Å². The van der Waals surface area contributed by atoms with Gasteiger partial charge in [-0.2, -0.15) is 0 Å². The van der Waals surface area contributed by atoms with Crippen LogP contribution in [0.1, 0.15) is 16.8 Å². The summed E-state index contributed by atoms with van der Waals surface area (Å²) in [5.74, 6) is -0.265. The lowest BCUT2D eigenvalue weighted by Gasteiger charge is -2.27. The van der Waals surface area contributed by atoms with Gasteiger partial charge in [0, 0.05) is 50.4 Å². The van der Waals surface area contributed by atoms with Gasteiger partial charge in [-0.1, -0.05) is 6.07 Å². The number of amides is 1. The van der Waals surface area contributed by atoms with Gasteiger partial charge in [0.05, 0.1) is 4.92 Å². The number of nitrogens with one attached hydrogen (secondary N) is 2. The Morgan fingerprint density at radius 1 is 1.38 bits per heavy atom. The van der Waals surface area contributed by atoms with Crippen molar-refractivity contribution in [1.29, 1.82) is 0 Å². The fraction of sp³-hybridized carbons (Fsp3) is 0.500. The molecule has 1 saturated heterocycles. The fourth-order valence-corrected chi connectivity index (χ4v) is 2.30. The summed E-state index contributed by atoms with van der Waals surface area (Å²) in [6.45, 7) is 5.64. The van der Waals surface area contributed by atoms with E-state index >= 15 is 0 Å². The van der Waals surface area contributed by atoms with Gasteiger partial charge in [-0.3, -0.25) is 14.9 Å². The van der Waals surface area contributed by atoms with Crippen molar-refractivity contribution >= 4 is 11.6 Å². The molecule has 0 radical (unpaired) electrons. The molecule has 1 heterocycles. The van der Waals surface area contributed by atoms with E-state index in [4.69, 9.17) is 0 Å². The summed E-state index contributed by atoms with van der Waals surface area (Å²) in [4.78, 5) is 24.4. The van der Waals surface area contributed by atoms with Crippen molar-refractivity contribution in [2.45, 2.75) is 6.42 Å². The molecule has 0 atom stereocenters. The zero-order valence-corrected chi connectivity index (χ0v) is 11.9. The molecular weight excluding hydrogens is 272 g/mol. The topological polar surface area (TPSA) is 87.5 Å². The summed E-state index contributed by atoms with van der Waals surface area (Å²) >= 11 is 0. The van der Waals surface area contributed by atoms with E-state index in [1.165, 1.54) is 18.2 Å². The van der Waals surface area contributed by atoms with E-state index in [-0.39, 0.29) is 11.6 Å². The maximum absolute atomic E-state index is 11.9. The van der Waals surface area contributed by atoms with E-state index in [1.807, 2.05) is 0 Å². The minimum absolute atomic E-state index is 0.0662. The molecule has 0 aromatic heterocycles. The van der Waals surface area contributed by atoms with Crippen LogP contribution in [0.4, 0.5) is 5.69 Å². The molecule has 0 aliphatic carbocycles. The number of non-ortho nitro benzene ring substituents is 1. The number of carbonyl (C=O) groups excluding carboxylic acids is 1. The molecular formula is C14H20N4O3. The molecule has 0 unspecified atom stereocenters. The van der Waals surface area contributed by atoms with Gasteiger partial charge in [0.15, 0.2) is 0 Å². The van der Waals surface area contributed by atoms with Gasteiger partial charge in [0.2, 0.25) is 0 Å². The molecule has 1 aromatic carbocycles. The average molecular weight is 292 g/mol. The van der Waals surface area contributed by atoms with Crippen LogP contribution in [0.15, 0.2) is 24.3 Å².